The van der Waals surface area contributed by atoms with Gasteiger partial charge < -0.3 is 15.7 Å². The molecular weight excluding hydrogens is 356 g/mol. The Bertz CT molecular complexity index is 901. The van der Waals surface area contributed by atoms with E-state index in [9.17, 15) is 19.5 Å². The third-order valence-corrected chi connectivity index (χ3v) is 4.61. The van der Waals surface area contributed by atoms with Crippen LogP contribution in [-0.2, 0) is 4.79 Å². The van der Waals surface area contributed by atoms with Crippen molar-refractivity contribution in [3.05, 3.63) is 64.2 Å². The smallest absolute Gasteiger partial charge is 0.336 e. The lowest BCUT2D eigenvalue weighted by Gasteiger charge is -2.22. The number of carboxylic acid groups (broad SMARTS) is 1. The molecule has 6 heteroatoms. The average molecular weight is 382 g/mol. The number of benzene rings is 2. The summed E-state index contributed by atoms with van der Waals surface area (Å²) in [5.74, 6) is -1.93. The number of carbonyl (C=O) groups excluding carboxylic acids is 2. The minimum absolute atomic E-state index is 0.130. The second-order valence-corrected chi connectivity index (χ2v) is 7.34. The maximum absolute atomic E-state index is 12.8. The third-order valence-electron chi connectivity index (χ3n) is 4.61. The lowest BCUT2D eigenvalue weighted by Crippen LogP contribution is -2.47. The van der Waals surface area contributed by atoms with E-state index in [1.165, 1.54) is 6.07 Å². The Balaban J connectivity index is 2.21. The number of nitrogens with one attached hydrogen (secondary N) is 2. The van der Waals surface area contributed by atoms with Gasteiger partial charge in [0, 0.05) is 11.3 Å². The van der Waals surface area contributed by atoms with Crippen molar-refractivity contribution in [1.29, 1.82) is 0 Å². The first-order valence-electron chi connectivity index (χ1n) is 9.13. The van der Waals surface area contributed by atoms with Crippen LogP contribution in [0.1, 0.15) is 51.3 Å². The van der Waals surface area contributed by atoms with Gasteiger partial charge in [0.15, 0.2) is 0 Å². The van der Waals surface area contributed by atoms with Gasteiger partial charge in [0.25, 0.3) is 5.91 Å². The number of amides is 2. The molecule has 0 radical (unpaired) electrons. The molecular formula is C22H26N2O4. The van der Waals surface area contributed by atoms with Crippen molar-refractivity contribution in [2.24, 2.45) is 5.92 Å². The van der Waals surface area contributed by atoms with Crippen molar-refractivity contribution in [2.45, 2.75) is 40.7 Å². The van der Waals surface area contributed by atoms with Gasteiger partial charge in [-0.05, 0) is 56.0 Å². The van der Waals surface area contributed by atoms with Crippen molar-refractivity contribution >= 4 is 23.5 Å². The van der Waals surface area contributed by atoms with E-state index >= 15 is 0 Å². The number of carbonyl (C=O) groups is 3. The predicted molar refractivity (Wildman–Crippen MR) is 109 cm³/mol. The van der Waals surface area contributed by atoms with E-state index in [4.69, 9.17) is 0 Å². The number of hydrogen-bond acceptors (Lipinski definition) is 3. The molecule has 2 aromatic rings. The normalized spacial score (nSPS) is 11.8. The number of aryl methyl sites for hydroxylation is 3. The van der Waals surface area contributed by atoms with E-state index in [1.54, 1.807) is 32.0 Å². The Hall–Kier alpha value is -3.15. The third kappa shape index (κ3) is 4.97. The van der Waals surface area contributed by atoms with Gasteiger partial charge >= 0.3 is 5.97 Å². The van der Waals surface area contributed by atoms with Gasteiger partial charge in [-0.25, -0.2) is 4.79 Å². The summed E-state index contributed by atoms with van der Waals surface area (Å²) < 4.78 is 0. The first-order valence-corrected chi connectivity index (χ1v) is 9.13. The van der Waals surface area contributed by atoms with Crippen LogP contribution in [0.3, 0.4) is 0 Å². The molecule has 148 valence electrons. The summed E-state index contributed by atoms with van der Waals surface area (Å²) in [6.45, 7) is 9.11. The summed E-state index contributed by atoms with van der Waals surface area (Å²) >= 11 is 0. The van der Waals surface area contributed by atoms with Crippen molar-refractivity contribution < 1.29 is 19.5 Å². The molecule has 3 N–H and O–H groups in total. The summed E-state index contributed by atoms with van der Waals surface area (Å²) in [6.07, 6.45) is 0. The Kier molecular flexibility index (Phi) is 6.57. The molecule has 0 bridgehead atoms. The van der Waals surface area contributed by atoms with E-state index in [1.807, 2.05) is 32.9 Å². The zero-order valence-corrected chi connectivity index (χ0v) is 16.8. The molecule has 1 atom stereocenters. The molecule has 2 amide bonds. The largest absolute Gasteiger partial charge is 0.478 e. The van der Waals surface area contributed by atoms with Crippen LogP contribution >= 0.6 is 0 Å². The highest BCUT2D eigenvalue weighted by Gasteiger charge is 2.25. The lowest BCUT2D eigenvalue weighted by molar-refractivity contribution is -0.118. The highest BCUT2D eigenvalue weighted by molar-refractivity contribution is 6.02. The fraction of sp³-hybridized carbons (Fsp3) is 0.318. The predicted octanol–water partition coefficient (Wildman–Crippen LogP) is 3.70. The molecule has 2 aromatic carbocycles. The molecule has 2 rings (SSSR count). The van der Waals surface area contributed by atoms with E-state index in [0.717, 1.165) is 11.1 Å². The van der Waals surface area contributed by atoms with Gasteiger partial charge in [0.1, 0.15) is 6.04 Å². The Morgan fingerprint density at radius 3 is 2.07 bits per heavy atom. The minimum atomic E-state index is -1.05. The summed E-state index contributed by atoms with van der Waals surface area (Å²) in [4.78, 5) is 36.7. The number of aromatic carboxylic acids is 1. The van der Waals surface area contributed by atoms with Crippen LogP contribution in [0, 0.1) is 26.7 Å². The molecule has 1 unspecified atom stereocenters. The maximum atomic E-state index is 12.8. The molecule has 0 aliphatic carbocycles. The van der Waals surface area contributed by atoms with Crippen LogP contribution in [0.4, 0.5) is 5.69 Å². The van der Waals surface area contributed by atoms with Crippen molar-refractivity contribution in [3.63, 3.8) is 0 Å². The number of anilines is 1. The highest BCUT2D eigenvalue weighted by atomic mass is 16.4. The molecule has 0 heterocycles. The van der Waals surface area contributed by atoms with Crippen LogP contribution < -0.4 is 10.6 Å². The van der Waals surface area contributed by atoms with Crippen LogP contribution in [0.25, 0.3) is 0 Å². The number of hydrogen-bond donors (Lipinski definition) is 3. The van der Waals surface area contributed by atoms with Crippen LogP contribution in [0.2, 0.25) is 0 Å². The van der Waals surface area contributed by atoms with Crippen molar-refractivity contribution in [1.82, 2.24) is 5.32 Å². The first kappa shape index (κ1) is 21.2. The lowest BCUT2D eigenvalue weighted by atomic mass is 10.0. The standard InChI is InChI=1S/C22H26N2O4/c1-12(2)19(24-20(25)16-8-6-13(3)7-9-16)21(26)23-18-11-17(22(27)28)14(4)10-15(18)5/h6-12,19H,1-5H3,(H,23,26)(H,24,25)(H,27,28). The highest BCUT2D eigenvalue weighted by Crippen LogP contribution is 2.21. The van der Waals surface area contributed by atoms with Crippen molar-refractivity contribution in [3.8, 4) is 0 Å². The van der Waals surface area contributed by atoms with Crippen LogP contribution in [0.5, 0.6) is 0 Å². The van der Waals surface area contributed by atoms with E-state index < -0.39 is 17.9 Å². The molecule has 0 aliphatic heterocycles. The topological polar surface area (TPSA) is 95.5 Å². The summed E-state index contributed by atoms with van der Waals surface area (Å²) in [6, 6.07) is 9.50. The average Bonchev–Trinajstić information content (AvgIpc) is 2.61. The minimum Gasteiger partial charge on any atom is -0.478 e. The van der Waals surface area contributed by atoms with E-state index in [0.29, 0.717) is 16.8 Å². The molecule has 28 heavy (non-hydrogen) atoms. The quantitative estimate of drug-likeness (QED) is 0.710. The van der Waals surface area contributed by atoms with Gasteiger partial charge in [0.2, 0.25) is 5.91 Å². The van der Waals surface area contributed by atoms with Gasteiger partial charge in [0.05, 0.1) is 5.56 Å². The molecule has 0 saturated carbocycles. The summed E-state index contributed by atoms with van der Waals surface area (Å²) in [7, 11) is 0. The SMILES string of the molecule is Cc1ccc(C(=O)NC(C(=O)Nc2cc(C(=O)O)c(C)cc2C)C(C)C)cc1. The Morgan fingerprint density at radius 2 is 1.54 bits per heavy atom. The molecule has 0 aliphatic rings. The summed E-state index contributed by atoms with van der Waals surface area (Å²) in [5, 5.41) is 14.8. The maximum Gasteiger partial charge on any atom is 0.336 e. The summed E-state index contributed by atoms with van der Waals surface area (Å²) in [5.41, 5.74) is 3.44. The van der Waals surface area contributed by atoms with Crippen molar-refractivity contribution in [2.75, 3.05) is 5.32 Å². The van der Waals surface area contributed by atoms with E-state index in [2.05, 4.69) is 10.6 Å². The van der Waals surface area contributed by atoms with Crippen LogP contribution in [-0.4, -0.2) is 28.9 Å². The zero-order valence-electron chi connectivity index (χ0n) is 16.8. The number of carboxylic acids is 1. The first-order chi connectivity index (χ1) is 13.1. The van der Waals surface area contributed by atoms with E-state index in [-0.39, 0.29) is 17.4 Å². The van der Waals surface area contributed by atoms with Gasteiger partial charge in [-0.1, -0.05) is 37.6 Å². The van der Waals surface area contributed by atoms with Gasteiger partial charge in [-0.15, -0.1) is 0 Å². The Morgan fingerprint density at radius 1 is 0.929 bits per heavy atom. The second kappa shape index (κ2) is 8.69. The Labute approximate surface area is 165 Å². The molecule has 0 saturated heterocycles. The van der Waals surface area contributed by atoms with Gasteiger partial charge in [-0.2, -0.15) is 0 Å². The molecule has 6 nitrogen and oxygen atoms in total. The molecule has 0 aromatic heterocycles. The number of rotatable bonds is 6. The fourth-order valence-corrected chi connectivity index (χ4v) is 2.89. The van der Waals surface area contributed by atoms with Crippen LogP contribution in [0.15, 0.2) is 36.4 Å². The monoisotopic (exact) mass is 382 g/mol. The zero-order chi connectivity index (χ0) is 21.0. The van der Waals surface area contributed by atoms with Gasteiger partial charge in [-0.3, -0.25) is 9.59 Å². The molecule has 0 fully saturated rings. The second-order valence-electron chi connectivity index (χ2n) is 7.34. The molecule has 0 spiro atoms. The fourth-order valence-electron chi connectivity index (χ4n) is 2.89.